The standard InChI is InChI=1S/C46H33N/c1-4-12-34(13-5-1)36-20-26-42(27-21-36)47(43-28-22-37(23-29-43)35-14-6-2-7-15-35)44-30-24-39(25-31-44)46-33-41-19-11-10-18-40(41)32-45(46)38-16-8-3-9-17-38/h1-33H/i10D,11D,18D,19D,32D,33D. The second-order valence-corrected chi connectivity index (χ2v) is 11.3. The van der Waals surface area contributed by atoms with Crippen LogP contribution < -0.4 is 4.90 Å². The van der Waals surface area contributed by atoms with Gasteiger partial charge in [0.05, 0.1) is 8.22 Å². The van der Waals surface area contributed by atoms with Crippen LogP contribution >= 0.6 is 0 Å². The van der Waals surface area contributed by atoms with Gasteiger partial charge in [-0.1, -0.05) is 152 Å². The van der Waals surface area contributed by atoms with Gasteiger partial charge in [0.15, 0.2) is 0 Å². The van der Waals surface area contributed by atoms with Gasteiger partial charge in [0.1, 0.15) is 0 Å². The van der Waals surface area contributed by atoms with Gasteiger partial charge >= 0.3 is 0 Å². The van der Waals surface area contributed by atoms with E-state index in [9.17, 15) is 2.74 Å². The summed E-state index contributed by atoms with van der Waals surface area (Å²) in [4.78, 5) is 2.18. The highest BCUT2D eigenvalue weighted by Crippen LogP contribution is 2.40. The number of fused-ring (bicyclic) bond motifs is 1. The predicted octanol–water partition coefficient (Wildman–Crippen LogP) is 13.0. The molecular formula is C46H33N. The summed E-state index contributed by atoms with van der Waals surface area (Å²) >= 11 is 0. The zero-order valence-electron chi connectivity index (χ0n) is 31.5. The molecule has 8 aromatic rings. The fraction of sp³-hybridized carbons (Fsp3) is 0. The van der Waals surface area contributed by atoms with Gasteiger partial charge in [-0.3, -0.25) is 0 Å². The van der Waals surface area contributed by atoms with Gasteiger partial charge < -0.3 is 4.90 Å². The van der Waals surface area contributed by atoms with Crippen molar-refractivity contribution in [3.63, 3.8) is 0 Å². The van der Waals surface area contributed by atoms with Crippen molar-refractivity contribution in [2.24, 2.45) is 0 Å². The summed E-state index contributed by atoms with van der Waals surface area (Å²) in [5.41, 5.74) is 9.56. The van der Waals surface area contributed by atoms with E-state index < -0.39 is 12.1 Å². The third kappa shape index (κ3) is 5.83. The first-order valence-corrected chi connectivity index (χ1v) is 15.6. The molecule has 0 saturated heterocycles. The molecule has 0 unspecified atom stereocenters. The van der Waals surface area contributed by atoms with Crippen LogP contribution in [-0.2, 0) is 0 Å². The third-order valence-corrected chi connectivity index (χ3v) is 8.38. The van der Waals surface area contributed by atoms with Gasteiger partial charge in [-0.05, 0) is 104 Å². The molecule has 0 bridgehead atoms. The van der Waals surface area contributed by atoms with Gasteiger partial charge in [0.25, 0.3) is 0 Å². The molecular weight excluding hydrogens is 567 g/mol. The molecule has 0 heterocycles. The summed E-state index contributed by atoms with van der Waals surface area (Å²) in [6.45, 7) is 0. The first-order valence-electron chi connectivity index (χ1n) is 18.6. The van der Waals surface area contributed by atoms with Crippen LogP contribution in [0.5, 0.6) is 0 Å². The molecule has 0 radical (unpaired) electrons. The maximum absolute atomic E-state index is 9.42. The molecule has 8 aromatic carbocycles. The number of rotatable bonds is 7. The molecule has 0 aliphatic rings. The molecule has 0 atom stereocenters. The average molecular weight is 606 g/mol. The van der Waals surface area contributed by atoms with Gasteiger partial charge in [0, 0.05) is 17.1 Å². The van der Waals surface area contributed by atoms with Crippen molar-refractivity contribution < 1.29 is 8.22 Å². The van der Waals surface area contributed by atoms with E-state index in [2.05, 4.69) is 77.7 Å². The summed E-state index contributed by atoms with van der Waals surface area (Å²) in [7, 11) is 0. The number of anilines is 3. The molecule has 47 heavy (non-hydrogen) atoms. The van der Waals surface area contributed by atoms with Crippen molar-refractivity contribution in [1.29, 1.82) is 0 Å². The number of benzene rings is 8. The Bertz CT molecular complexity index is 2490. The van der Waals surface area contributed by atoms with Crippen molar-refractivity contribution in [3.8, 4) is 44.5 Å². The second kappa shape index (κ2) is 12.7. The van der Waals surface area contributed by atoms with E-state index in [1.165, 1.54) is 0 Å². The lowest BCUT2D eigenvalue weighted by Gasteiger charge is -2.26. The Balaban J connectivity index is 1.28. The molecule has 0 spiro atoms. The maximum Gasteiger partial charge on any atom is 0.0636 e. The highest BCUT2D eigenvalue weighted by atomic mass is 15.1. The van der Waals surface area contributed by atoms with Crippen LogP contribution in [0.2, 0.25) is 0 Å². The zero-order chi connectivity index (χ0) is 36.6. The van der Waals surface area contributed by atoms with Crippen LogP contribution in [0.3, 0.4) is 0 Å². The minimum Gasteiger partial charge on any atom is -0.311 e. The summed E-state index contributed by atoms with van der Waals surface area (Å²) in [6, 6.07) is 53.1. The second-order valence-electron chi connectivity index (χ2n) is 11.3. The summed E-state index contributed by atoms with van der Waals surface area (Å²) < 4.78 is 52.8. The SMILES string of the molecule is [2H]c1c([2H])c([2H])c2c([2H])c(-c3ccc(N(c4ccc(-c5ccccc5)cc4)c4ccc(-c5ccccc5)cc4)cc3)c(-c3ccccc3)c([2H])c2c1[2H]. The van der Waals surface area contributed by atoms with E-state index in [1.54, 1.807) is 0 Å². The normalized spacial score (nSPS) is 12.8. The summed E-state index contributed by atoms with van der Waals surface area (Å²) in [5, 5.41) is 0.0858. The van der Waals surface area contributed by atoms with E-state index in [1.807, 2.05) is 91.0 Å². The lowest BCUT2D eigenvalue weighted by Crippen LogP contribution is -2.09. The largest absolute Gasteiger partial charge is 0.311 e. The Labute approximate surface area is 285 Å². The first-order chi connectivity index (χ1) is 25.8. The minimum atomic E-state index is -0.420. The van der Waals surface area contributed by atoms with Crippen molar-refractivity contribution in [2.45, 2.75) is 0 Å². The third-order valence-electron chi connectivity index (χ3n) is 8.38. The highest BCUT2D eigenvalue weighted by Gasteiger charge is 2.15. The molecule has 1 heteroatoms. The molecule has 8 rings (SSSR count). The molecule has 0 aliphatic heterocycles. The summed E-state index contributed by atoms with van der Waals surface area (Å²) in [6.07, 6.45) is 0. The quantitative estimate of drug-likeness (QED) is 0.175. The number of hydrogen-bond acceptors (Lipinski definition) is 1. The molecule has 0 saturated carbocycles. The Morgan fingerprint density at radius 1 is 0.319 bits per heavy atom. The minimum absolute atomic E-state index is 0.0353. The number of nitrogens with zero attached hydrogens (tertiary/aromatic N) is 1. The van der Waals surface area contributed by atoms with Crippen LogP contribution in [0.15, 0.2) is 200 Å². The molecule has 0 aliphatic carbocycles. The number of hydrogen-bond donors (Lipinski definition) is 0. The molecule has 0 N–H and O–H groups in total. The van der Waals surface area contributed by atoms with Crippen molar-refractivity contribution in [1.82, 2.24) is 0 Å². The van der Waals surface area contributed by atoms with Gasteiger partial charge in [-0.15, -0.1) is 0 Å². The van der Waals surface area contributed by atoms with E-state index in [4.69, 9.17) is 5.48 Å². The Morgan fingerprint density at radius 3 is 1.00 bits per heavy atom. The van der Waals surface area contributed by atoms with Crippen LogP contribution in [0.1, 0.15) is 8.22 Å². The maximum atomic E-state index is 9.42. The fourth-order valence-corrected chi connectivity index (χ4v) is 6.00. The van der Waals surface area contributed by atoms with E-state index in [0.717, 1.165) is 39.3 Å². The summed E-state index contributed by atoms with van der Waals surface area (Å²) in [5.74, 6) is 0. The smallest absolute Gasteiger partial charge is 0.0636 e. The monoisotopic (exact) mass is 605 g/mol. The molecule has 222 valence electrons. The van der Waals surface area contributed by atoms with Crippen molar-refractivity contribution in [2.75, 3.05) is 4.90 Å². The Morgan fingerprint density at radius 2 is 0.617 bits per heavy atom. The lowest BCUT2D eigenvalue weighted by atomic mass is 9.91. The van der Waals surface area contributed by atoms with Gasteiger partial charge in [-0.25, -0.2) is 0 Å². The topological polar surface area (TPSA) is 3.24 Å². The molecule has 0 fully saturated rings. The average Bonchev–Trinajstić information content (AvgIpc) is 3.21. The molecule has 0 aromatic heterocycles. The zero-order valence-corrected chi connectivity index (χ0v) is 25.5. The van der Waals surface area contributed by atoms with E-state index >= 15 is 0 Å². The van der Waals surface area contributed by atoms with E-state index in [-0.39, 0.29) is 34.9 Å². The van der Waals surface area contributed by atoms with Crippen LogP contribution in [0.25, 0.3) is 55.3 Å². The van der Waals surface area contributed by atoms with Gasteiger partial charge in [0.2, 0.25) is 0 Å². The first kappa shape index (κ1) is 22.3. The molecule has 1 nitrogen and oxygen atoms in total. The van der Waals surface area contributed by atoms with Crippen LogP contribution in [0.4, 0.5) is 17.1 Å². The van der Waals surface area contributed by atoms with E-state index in [0.29, 0.717) is 22.3 Å². The van der Waals surface area contributed by atoms with Crippen LogP contribution in [0, 0.1) is 0 Å². The van der Waals surface area contributed by atoms with Crippen molar-refractivity contribution in [3.05, 3.63) is 200 Å². The predicted molar refractivity (Wildman–Crippen MR) is 200 cm³/mol. The molecule has 0 amide bonds. The van der Waals surface area contributed by atoms with Crippen molar-refractivity contribution >= 4 is 27.8 Å². The lowest BCUT2D eigenvalue weighted by molar-refractivity contribution is 1.28. The highest BCUT2D eigenvalue weighted by molar-refractivity contribution is 5.96. The Hall–Kier alpha value is -6.18. The Kier molecular flexibility index (Phi) is 6.02. The van der Waals surface area contributed by atoms with Gasteiger partial charge in [-0.2, -0.15) is 0 Å². The van der Waals surface area contributed by atoms with Crippen LogP contribution in [-0.4, -0.2) is 0 Å². The fourth-order valence-electron chi connectivity index (χ4n) is 6.00.